The first-order valence-electron chi connectivity index (χ1n) is 6.20. The van der Waals surface area contributed by atoms with Gasteiger partial charge in [0, 0.05) is 11.6 Å². The summed E-state index contributed by atoms with van der Waals surface area (Å²) in [6, 6.07) is 14.4. The van der Waals surface area contributed by atoms with E-state index in [1.165, 1.54) is 6.07 Å². The van der Waals surface area contributed by atoms with E-state index in [2.05, 4.69) is 20.9 Å². The Morgan fingerprint density at radius 3 is 2.65 bits per heavy atom. The maximum atomic E-state index is 13.6. The lowest BCUT2D eigenvalue weighted by Crippen LogP contribution is -2.12. The van der Waals surface area contributed by atoms with Crippen LogP contribution < -0.4 is 5.73 Å². The Kier molecular flexibility index (Phi) is 3.51. The molecular formula is C16H12BrFN2. The number of rotatable bonds is 2. The average Bonchev–Trinajstić information content (AvgIpc) is 2.49. The van der Waals surface area contributed by atoms with Gasteiger partial charge in [-0.1, -0.05) is 24.3 Å². The first kappa shape index (κ1) is 13.2. The smallest absolute Gasteiger partial charge is 0.137 e. The fraction of sp³-hybridized carbons (Fsp3) is 0.0625. The number of hydrogen-bond acceptors (Lipinski definition) is 2. The Labute approximate surface area is 124 Å². The summed E-state index contributed by atoms with van der Waals surface area (Å²) < 4.78 is 14.0. The molecule has 0 fully saturated rings. The molecule has 2 aromatic carbocycles. The number of benzene rings is 2. The van der Waals surface area contributed by atoms with Gasteiger partial charge in [-0.25, -0.2) is 4.39 Å². The molecule has 2 nitrogen and oxygen atoms in total. The topological polar surface area (TPSA) is 38.9 Å². The standard InChI is InChI=1S/C16H12BrFN2/c17-13-6-5-11(8-14(13)18)16(19)12-7-10-3-1-2-4-15(10)20-9-12/h1-9,16H,19H2. The SMILES string of the molecule is NC(c1ccc(Br)c(F)c1)c1cnc2ccccc2c1. The fourth-order valence-corrected chi connectivity index (χ4v) is 2.40. The highest BCUT2D eigenvalue weighted by molar-refractivity contribution is 9.10. The number of pyridine rings is 1. The zero-order chi connectivity index (χ0) is 14.1. The Bertz CT molecular complexity index is 773. The molecule has 0 aliphatic heterocycles. The molecular weight excluding hydrogens is 319 g/mol. The normalized spacial score (nSPS) is 12.6. The molecule has 0 aliphatic carbocycles. The number of halogens is 2. The molecule has 20 heavy (non-hydrogen) atoms. The van der Waals surface area contributed by atoms with Gasteiger partial charge in [0.2, 0.25) is 0 Å². The van der Waals surface area contributed by atoms with Crippen molar-refractivity contribution in [1.29, 1.82) is 0 Å². The highest BCUT2D eigenvalue weighted by Gasteiger charge is 2.12. The molecule has 0 amide bonds. The van der Waals surface area contributed by atoms with Crippen LogP contribution in [0.5, 0.6) is 0 Å². The molecule has 0 saturated heterocycles. The lowest BCUT2D eigenvalue weighted by Gasteiger charge is -2.13. The predicted octanol–water partition coefficient (Wildman–Crippen LogP) is 4.18. The van der Waals surface area contributed by atoms with Crippen LogP contribution in [0.1, 0.15) is 17.2 Å². The first-order valence-corrected chi connectivity index (χ1v) is 6.99. The molecule has 0 radical (unpaired) electrons. The predicted molar refractivity (Wildman–Crippen MR) is 81.9 cm³/mol. The van der Waals surface area contributed by atoms with E-state index < -0.39 is 6.04 Å². The second-order valence-corrected chi connectivity index (χ2v) is 5.47. The number of hydrogen-bond donors (Lipinski definition) is 1. The van der Waals surface area contributed by atoms with Crippen molar-refractivity contribution in [2.45, 2.75) is 6.04 Å². The van der Waals surface area contributed by atoms with Crippen molar-refractivity contribution >= 4 is 26.8 Å². The molecule has 1 atom stereocenters. The van der Waals surface area contributed by atoms with Gasteiger partial charge in [0.1, 0.15) is 5.82 Å². The molecule has 0 bridgehead atoms. The van der Waals surface area contributed by atoms with Crippen molar-refractivity contribution in [2.24, 2.45) is 5.73 Å². The number of nitrogens with two attached hydrogens (primary N) is 1. The van der Waals surface area contributed by atoms with Crippen LogP contribution in [0.15, 0.2) is 59.2 Å². The lowest BCUT2D eigenvalue weighted by atomic mass is 10.00. The van der Waals surface area contributed by atoms with Crippen molar-refractivity contribution < 1.29 is 4.39 Å². The van der Waals surface area contributed by atoms with Crippen LogP contribution in [0.25, 0.3) is 10.9 Å². The van der Waals surface area contributed by atoms with E-state index in [0.717, 1.165) is 22.0 Å². The monoisotopic (exact) mass is 330 g/mol. The van der Waals surface area contributed by atoms with E-state index in [4.69, 9.17) is 5.73 Å². The third-order valence-corrected chi connectivity index (χ3v) is 3.92. The maximum absolute atomic E-state index is 13.6. The van der Waals surface area contributed by atoms with Crippen molar-refractivity contribution in [2.75, 3.05) is 0 Å². The minimum atomic E-state index is -0.394. The van der Waals surface area contributed by atoms with E-state index in [1.807, 2.05) is 36.4 Å². The van der Waals surface area contributed by atoms with E-state index in [9.17, 15) is 4.39 Å². The Morgan fingerprint density at radius 1 is 1.05 bits per heavy atom. The average molecular weight is 331 g/mol. The number of nitrogens with zero attached hydrogens (tertiary/aromatic N) is 1. The van der Waals surface area contributed by atoms with Crippen molar-refractivity contribution in [3.8, 4) is 0 Å². The zero-order valence-electron chi connectivity index (χ0n) is 10.6. The van der Waals surface area contributed by atoms with E-state index in [-0.39, 0.29) is 5.82 Å². The summed E-state index contributed by atoms with van der Waals surface area (Å²) in [7, 11) is 0. The number of para-hydroxylation sites is 1. The number of fused-ring (bicyclic) bond motifs is 1. The molecule has 1 unspecified atom stereocenters. The summed E-state index contributed by atoms with van der Waals surface area (Å²) in [4.78, 5) is 4.38. The van der Waals surface area contributed by atoms with E-state index >= 15 is 0 Å². The maximum Gasteiger partial charge on any atom is 0.137 e. The Balaban J connectivity index is 2.02. The summed E-state index contributed by atoms with van der Waals surface area (Å²) in [5, 5.41) is 1.03. The summed E-state index contributed by atoms with van der Waals surface area (Å²) in [6.45, 7) is 0. The number of aromatic nitrogens is 1. The van der Waals surface area contributed by atoms with Crippen molar-refractivity contribution in [3.05, 3.63) is 76.1 Å². The molecule has 3 aromatic rings. The molecule has 4 heteroatoms. The molecule has 1 aromatic heterocycles. The summed E-state index contributed by atoms with van der Waals surface area (Å²) in [5.41, 5.74) is 8.72. The fourth-order valence-electron chi connectivity index (χ4n) is 2.16. The lowest BCUT2D eigenvalue weighted by molar-refractivity contribution is 0.617. The van der Waals surface area contributed by atoms with Gasteiger partial charge in [0.25, 0.3) is 0 Å². The molecule has 1 heterocycles. The Morgan fingerprint density at radius 2 is 1.85 bits per heavy atom. The van der Waals surface area contributed by atoms with Gasteiger partial charge in [-0.05, 0) is 51.3 Å². The van der Waals surface area contributed by atoms with Crippen LogP contribution in [0, 0.1) is 5.82 Å². The largest absolute Gasteiger partial charge is 0.320 e. The molecule has 2 N–H and O–H groups in total. The second kappa shape index (κ2) is 5.31. The van der Waals surface area contributed by atoms with Crippen LogP contribution >= 0.6 is 15.9 Å². The second-order valence-electron chi connectivity index (χ2n) is 4.61. The molecule has 100 valence electrons. The molecule has 3 rings (SSSR count). The van der Waals surface area contributed by atoms with Gasteiger partial charge in [-0.15, -0.1) is 0 Å². The third kappa shape index (κ3) is 2.44. The van der Waals surface area contributed by atoms with E-state index in [1.54, 1.807) is 12.3 Å². The third-order valence-electron chi connectivity index (χ3n) is 3.27. The van der Waals surface area contributed by atoms with E-state index in [0.29, 0.717) is 4.47 Å². The van der Waals surface area contributed by atoms with Crippen LogP contribution in [-0.4, -0.2) is 4.98 Å². The van der Waals surface area contributed by atoms with Crippen molar-refractivity contribution in [3.63, 3.8) is 0 Å². The van der Waals surface area contributed by atoms with Gasteiger partial charge in [0.15, 0.2) is 0 Å². The molecule has 0 spiro atoms. The molecule has 0 aliphatic rings. The quantitative estimate of drug-likeness (QED) is 0.765. The highest BCUT2D eigenvalue weighted by Crippen LogP contribution is 2.25. The summed E-state index contributed by atoms with van der Waals surface area (Å²) >= 11 is 3.14. The summed E-state index contributed by atoms with van der Waals surface area (Å²) in [5.74, 6) is -0.313. The van der Waals surface area contributed by atoms with Gasteiger partial charge >= 0.3 is 0 Å². The summed E-state index contributed by atoms with van der Waals surface area (Å²) in [6.07, 6.45) is 1.74. The zero-order valence-corrected chi connectivity index (χ0v) is 12.1. The van der Waals surface area contributed by atoms with Crippen LogP contribution in [0.4, 0.5) is 4.39 Å². The van der Waals surface area contributed by atoms with Crippen molar-refractivity contribution in [1.82, 2.24) is 4.98 Å². The van der Waals surface area contributed by atoms with Crippen LogP contribution in [-0.2, 0) is 0 Å². The minimum absolute atomic E-state index is 0.313. The minimum Gasteiger partial charge on any atom is -0.320 e. The van der Waals surface area contributed by atoms with Gasteiger partial charge in [0.05, 0.1) is 16.0 Å². The van der Waals surface area contributed by atoms with Gasteiger partial charge < -0.3 is 5.73 Å². The van der Waals surface area contributed by atoms with Crippen LogP contribution in [0.2, 0.25) is 0 Å². The Hall–Kier alpha value is -1.78. The molecule has 0 saturated carbocycles. The van der Waals surface area contributed by atoms with Gasteiger partial charge in [-0.3, -0.25) is 4.98 Å². The highest BCUT2D eigenvalue weighted by atomic mass is 79.9. The first-order chi connectivity index (χ1) is 9.65. The van der Waals surface area contributed by atoms with Gasteiger partial charge in [-0.2, -0.15) is 0 Å². The van der Waals surface area contributed by atoms with Crippen LogP contribution in [0.3, 0.4) is 0 Å².